The fraction of sp³-hybridized carbons (Fsp3) is 0.359. The Hall–Kier alpha value is -4.81. The molecule has 0 bridgehead atoms. The molecule has 2 fully saturated rings. The average Bonchev–Trinajstić information content (AvgIpc) is 3.74. The van der Waals surface area contributed by atoms with Gasteiger partial charge in [-0.05, 0) is 61.1 Å². The highest BCUT2D eigenvalue weighted by Crippen LogP contribution is 2.33. The maximum absolute atomic E-state index is 13.3. The van der Waals surface area contributed by atoms with Gasteiger partial charge in [-0.15, -0.1) is 0 Å². The van der Waals surface area contributed by atoms with Crippen LogP contribution in [-0.4, -0.2) is 78.0 Å². The number of nitrogens with zero attached hydrogens (tertiary/aromatic N) is 2. The number of ether oxygens (including phenoxy) is 4. The molecule has 3 heterocycles. The van der Waals surface area contributed by atoms with Gasteiger partial charge in [0.2, 0.25) is 0 Å². The first-order valence-electron chi connectivity index (χ1n) is 17.0. The molecule has 5 atom stereocenters. The van der Waals surface area contributed by atoms with Gasteiger partial charge in [0.25, 0.3) is 5.91 Å². The summed E-state index contributed by atoms with van der Waals surface area (Å²) < 4.78 is 22.9. The summed E-state index contributed by atoms with van der Waals surface area (Å²) in [5.41, 5.74) is 8.42. The van der Waals surface area contributed by atoms with Crippen molar-refractivity contribution < 1.29 is 33.6 Å². The minimum absolute atomic E-state index is 0.0000161. The normalized spacial score (nSPS) is 19.4. The van der Waals surface area contributed by atoms with Crippen molar-refractivity contribution in [3.63, 3.8) is 0 Å². The lowest BCUT2D eigenvalue weighted by atomic mass is 10.0. The molecule has 262 valence electrons. The third kappa shape index (κ3) is 9.25. The number of aliphatic hydroxyl groups excluding tert-OH is 1. The second-order valence-corrected chi connectivity index (χ2v) is 12.8. The number of pyridine rings is 1. The molecular weight excluding hydrogens is 636 g/mol. The summed E-state index contributed by atoms with van der Waals surface area (Å²) in [7, 11) is 0. The Morgan fingerprint density at radius 3 is 2.44 bits per heavy atom. The Morgan fingerprint density at radius 2 is 1.70 bits per heavy atom. The summed E-state index contributed by atoms with van der Waals surface area (Å²) in [5, 5.41) is 16.3. The van der Waals surface area contributed by atoms with E-state index in [-0.39, 0.29) is 44.4 Å². The molecule has 0 radical (unpaired) electrons. The number of carbonyl (C=O) groups is 2. The topological polar surface area (TPSA) is 131 Å². The second-order valence-electron chi connectivity index (χ2n) is 12.8. The molecule has 2 saturated heterocycles. The van der Waals surface area contributed by atoms with Crippen molar-refractivity contribution in [3.05, 3.63) is 119 Å². The van der Waals surface area contributed by atoms with Crippen LogP contribution in [0.1, 0.15) is 28.7 Å². The number of benzene rings is 3. The lowest BCUT2D eigenvalue weighted by Gasteiger charge is -2.31. The van der Waals surface area contributed by atoms with Crippen LogP contribution in [0.15, 0.2) is 97.2 Å². The highest BCUT2D eigenvalue weighted by Gasteiger charge is 2.44. The van der Waals surface area contributed by atoms with Crippen LogP contribution in [0.4, 0.5) is 4.79 Å². The van der Waals surface area contributed by atoms with Crippen molar-refractivity contribution in [1.82, 2.24) is 20.7 Å². The monoisotopic (exact) mass is 680 g/mol. The van der Waals surface area contributed by atoms with E-state index in [0.717, 1.165) is 39.9 Å². The van der Waals surface area contributed by atoms with Crippen LogP contribution in [0.2, 0.25) is 0 Å². The third-order valence-corrected chi connectivity index (χ3v) is 9.04. The molecule has 6 rings (SSSR count). The summed E-state index contributed by atoms with van der Waals surface area (Å²) in [6.07, 6.45) is 0.310. The van der Waals surface area contributed by atoms with Gasteiger partial charge in [-0.3, -0.25) is 15.2 Å². The number of alkyl carbamates (subject to hydrolysis) is 1. The molecule has 11 heteroatoms. The number of hydrogen-bond donors (Lipinski definition) is 3. The van der Waals surface area contributed by atoms with E-state index in [9.17, 15) is 14.7 Å². The van der Waals surface area contributed by atoms with Crippen molar-refractivity contribution in [2.24, 2.45) is 5.92 Å². The van der Waals surface area contributed by atoms with E-state index in [2.05, 4.69) is 15.7 Å². The number of aryl methyl sites for hydroxylation is 2. The first-order chi connectivity index (χ1) is 24.3. The van der Waals surface area contributed by atoms with Crippen LogP contribution in [0, 0.1) is 19.8 Å². The van der Waals surface area contributed by atoms with E-state index >= 15 is 0 Å². The molecule has 0 unspecified atom stereocenters. The van der Waals surface area contributed by atoms with E-state index in [1.807, 2.05) is 105 Å². The number of para-hydroxylation sites is 1. The van der Waals surface area contributed by atoms with Crippen molar-refractivity contribution in [3.8, 4) is 17.0 Å². The van der Waals surface area contributed by atoms with Crippen LogP contribution in [0.5, 0.6) is 5.75 Å². The number of rotatable bonds is 14. The van der Waals surface area contributed by atoms with E-state index < -0.39 is 24.3 Å². The summed E-state index contributed by atoms with van der Waals surface area (Å²) >= 11 is 0. The molecule has 0 saturated carbocycles. The van der Waals surface area contributed by atoms with E-state index in [1.54, 1.807) is 11.2 Å². The molecule has 1 aromatic heterocycles. The zero-order valence-electron chi connectivity index (χ0n) is 28.4. The van der Waals surface area contributed by atoms with Gasteiger partial charge in [-0.1, -0.05) is 78.9 Å². The van der Waals surface area contributed by atoms with Crippen molar-refractivity contribution in [2.75, 3.05) is 26.4 Å². The zero-order chi connectivity index (χ0) is 34.9. The van der Waals surface area contributed by atoms with Crippen LogP contribution < -0.4 is 15.5 Å². The molecule has 3 aromatic carbocycles. The summed E-state index contributed by atoms with van der Waals surface area (Å²) in [6, 6.07) is 28.3. The molecular formula is C39H44N4O7. The van der Waals surface area contributed by atoms with Gasteiger partial charge in [0, 0.05) is 24.8 Å². The first-order valence-corrected chi connectivity index (χ1v) is 17.0. The molecule has 11 nitrogen and oxygen atoms in total. The summed E-state index contributed by atoms with van der Waals surface area (Å²) in [6.45, 7) is 4.75. The van der Waals surface area contributed by atoms with E-state index in [4.69, 9.17) is 18.9 Å². The maximum Gasteiger partial charge on any atom is 0.407 e. The minimum Gasteiger partial charge on any atom is -0.483 e. The van der Waals surface area contributed by atoms with Gasteiger partial charge >= 0.3 is 6.09 Å². The fourth-order valence-electron chi connectivity index (χ4n) is 6.43. The molecule has 3 N–H and O–H groups in total. The molecule has 0 spiro atoms. The Balaban J connectivity index is 1.17. The third-order valence-electron chi connectivity index (χ3n) is 9.04. The quantitative estimate of drug-likeness (QED) is 0.162. The summed E-state index contributed by atoms with van der Waals surface area (Å²) in [4.78, 5) is 31.0. The number of hydrazine groups is 1. The smallest absolute Gasteiger partial charge is 0.407 e. The molecule has 2 aliphatic rings. The number of fused-ring (bicyclic) bond motifs is 1. The molecule has 50 heavy (non-hydrogen) atoms. The average molecular weight is 681 g/mol. The molecule has 4 aromatic rings. The van der Waals surface area contributed by atoms with Gasteiger partial charge in [0.1, 0.15) is 11.9 Å². The molecule has 0 aliphatic carbocycles. The number of amides is 2. The van der Waals surface area contributed by atoms with Gasteiger partial charge in [-0.2, -0.15) is 0 Å². The highest BCUT2D eigenvalue weighted by atomic mass is 16.7. The Morgan fingerprint density at radius 1 is 0.940 bits per heavy atom. The van der Waals surface area contributed by atoms with Crippen LogP contribution in [0.3, 0.4) is 0 Å². The minimum atomic E-state index is -1.10. The van der Waals surface area contributed by atoms with Gasteiger partial charge < -0.3 is 29.4 Å². The van der Waals surface area contributed by atoms with E-state index in [1.165, 1.54) is 0 Å². The SMILES string of the molecule is Cc1cccc(C)c1OCC(=O)NN(Cc1ccc(-c2ccccn2)cc1)C[C@H](O)[C@H](Cc1ccccc1)NC(=O)O[C@H]1CO[C@H]2OCC[C@H]21. The lowest BCUT2D eigenvalue weighted by Crippen LogP contribution is -2.54. The number of aliphatic hydroxyl groups is 1. The second kappa shape index (κ2) is 16.7. The van der Waals surface area contributed by atoms with Gasteiger partial charge in [0.05, 0.1) is 37.0 Å². The number of aromatic nitrogens is 1. The van der Waals surface area contributed by atoms with Crippen LogP contribution >= 0.6 is 0 Å². The number of hydrogen-bond acceptors (Lipinski definition) is 9. The Bertz CT molecular complexity index is 1690. The molecule has 2 aliphatic heterocycles. The largest absolute Gasteiger partial charge is 0.483 e. The lowest BCUT2D eigenvalue weighted by molar-refractivity contribution is -0.129. The van der Waals surface area contributed by atoms with Gasteiger partial charge in [-0.25, -0.2) is 9.80 Å². The van der Waals surface area contributed by atoms with Crippen molar-refractivity contribution in [1.29, 1.82) is 0 Å². The predicted molar refractivity (Wildman–Crippen MR) is 187 cm³/mol. The fourth-order valence-corrected chi connectivity index (χ4v) is 6.43. The number of nitrogens with one attached hydrogen (secondary N) is 2. The van der Waals surface area contributed by atoms with Crippen LogP contribution in [-0.2, 0) is 32.0 Å². The maximum atomic E-state index is 13.3. The molecule has 2 amide bonds. The van der Waals surface area contributed by atoms with Crippen LogP contribution in [0.25, 0.3) is 11.3 Å². The standard InChI is InChI=1S/C39H44N4O7/c1-26-9-8-10-27(2)37(26)48-25-36(45)42-43(22-29-14-16-30(17-15-29)32-13-6-7-19-40-32)23-34(44)33(21-28-11-4-3-5-12-28)41-39(46)50-35-24-49-38-31(35)18-20-47-38/h3-17,19,31,33-35,38,44H,18,20-25H2,1-2H3,(H,41,46)(H,42,45)/t31-,33-,34-,35-,38+/m0/s1. The van der Waals surface area contributed by atoms with Gasteiger partial charge in [0.15, 0.2) is 12.9 Å². The highest BCUT2D eigenvalue weighted by molar-refractivity contribution is 5.77. The van der Waals surface area contributed by atoms with Crippen molar-refractivity contribution in [2.45, 2.75) is 57.8 Å². The Labute approximate surface area is 292 Å². The zero-order valence-corrected chi connectivity index (χ0v) is 28.4. The Kier molecular flexibility index (Phi) is 11.7. The predicted octanol–water partition coefficient (Wildman–Crippen LogP) is 4.74. The van der Waals surface area contributed by atoms with E-state index in [0.29, 0.717) is 18.8 Å². The first kappa shape index (κ1) is 35.0. The van der Waals surface area contributed by atoms with Crippen molar-refractivity contribution >= 4 is 12.0 Å². The summed E-state index contributed by atoms with van der Waals surface area (Å²) in [5.74, 6) is 0.262. The number of carbonyl (C=O) groups excluding carboxylic acids is 2.